The summed E-state index contributed by atoms with van der Waals surface area (Å²) >= 11 is 0. The molecule has 0 unspecified atom stereocenters. The van der Waals surface area contributed by atoms with Crippen molar-refractivity contribution in [3.63, 3.8) is 0 Å². The largest absolute Gasteiger partial charge is 0.469 e. The summed E-state index contributed by atoms with van der Waals surface area (Å²) in [7, 11) is 1.26. The maximum atomic E-state index is 13.0. The Morgan fingerprint density at radius 2 is 2.20 bits per heavy atom. The average molecular weight is 210 g/mol. The van der Waals surface area contributed by atoms with Gasteiger partial charge in [0.15, 0.2) is 0 Å². The summed E-state index contributed by atoms with van der Waals surface area (Å²) in [5.74, 6) is -0.984. The SMILES string of the molecule is COC(=O)Cc1cc(F)cc(C=O)c1C. The lowest BCUT2D eigenvalue weighted by atomic mass is 10.0. The van der Waals surface area contributed by atoms with Gasteiger partial charge in [0.1, 0.15) is 12.1 Å². The van der Waals surface area contributed by atoms with E-state index in [-0.39, 0.29) is 12.0 Å². The second-order valence-corrected chi connectivity index (χ2v) is 3.15. The van der Waals surface area contributed by atoms with Gasteiger partial charge in [0.25, 0.3) is 0 Å². The van der Waals surface area contributed by atoms with Gasteiger partial charge in [-0.2, -0.15) is 0 Å². The number of aldehydes is 1. The quantitative estimate of drug-likeness (QED) is 0.563. The van der Waals surface area contributed by atoms with Crippen LogP contribution in [0.15, 0.2) is 12.1 Å². The van der Waals surface area contributed by atoms with Crippen molar-refractivity contribution >= 4 is 12.3 Å². The molecule has 4 heteroatoms. The van der Waals surface area contributed by atoms with E-state index in [2.05, 4.69) is 4.74 Å². The van der Waals surface area contributed by atoms with Gasteiger partial charge in [0.2, 0.25) is 0 Å². The third-order valence-electron chi connectivity index (χ3n) is 2.21. The highest BCUT2D eigenvalue weighted by molar-refractivity contribution is 5.80. The van der Waals surface area contributed by atoms with E-state index in [1.54, 1.807) is 6.92 Å². The van der Waals surface area contributed by atoms with Crippen molar-refractivity contribution in [1.82, 2.24) is 0 Å². The lowest BCUT2D eigenvalue weighted by Gasteiger charge is -2.07. The van der Waals surface area contributed by atoms with Crippen LogP contribution < -0.4 is 0 Å². The Morgan fingerprint density at radius 3 is 2.73 bits per heavy atom. The number of benzene rings is 1. The number of rotatable bonds is 3. The molecule has 0 bridgehead atoms. The molecule has 1 rings (SSSR count). The zero-order chi connectivity index (χ0) is 11.4. The van der Waals surface area contributed by atoms with Crippen LogP contribution in [0.25, 0.3) is 0 Å². The number of carbonyl (C=O) groups is 2. The molecule has 0 aliphatic rings. The molecule has 80 valence electrons. The molecule has 0 saturated heterocycles. The van der Waals surface area contributed by atoms with E-state index >= 15 is 0 Å². The van der Waals surface area contributed by atoms with Crippen molar-refractivity contribution in [3.8, 4) is 0 Å². The van der Waals surface area contributed by atoms with E-state index in [4.69, 9.17) is 0 Å². The van der Waals surface area contributed by atoms with Crippen molar-refractivity contribution in [2.24, 2.45) is 0 Å². The Bertz CT molecular complexity index is 399. The van der Waals surface area contributed by atoms with Gasteiger partial charge in [-0.1, -0.05) is 0 Å². The highest BCUT2D eigenvalue weighted by Gasteiger charge is 2.10. The predicted molar refractivity (Wildman–Crippen MR) is 52.2 cm³/mol. The molecule has 0 atom stereocenters. The van der Waals surface area contributed by atoms with Crippen LogP contribution in [0.1, 0.15) is 21.5 Å². The first kappa shape index (κ1) is 11.4. The molecule has 0 aliphatic carbocycles. The molecule has 1 aromatic rings. The van der Waals surface area contributed by atoms with Gasteiger partial charge < -0.3 is 4.74 Å². The van der Waals surface area contributed by atoms with Gasteiger partial charge in [-0.3, -0.25) is 9.59 Å². The van der Waals surface area contributed by atoms with Gasteiger partial charge in [0.05, 0.1) is 13.5 Å². The highest BCUT2D eigenvalue weighted by Crippen LogP contribution is 2.15. The van der Waals surface area contributed by atoms with Crippen LogP contribution in [0.3, 0.4) is 0 Å². The molecule has 15 heavy (non-hydrogen) atoms. The van der Waals surface area contributed by atoms with Crippen LogP contribution in [0.2, 0.25) is 0 Å². The molecule has 0 aromatic heterocycles. The summed E-state index contributed by atoms with van der Waals surface area (Å²) in [4.78, 5) is 21.6. The lowest BCUT2D eigenvalue weighted by Crippen LogP contribution is -2.07. The standard InChI is InChI=1S/C11H11FO3/c1-7-8(5-11(14)15-2)3-10(12)4-9(7)6-13/h3-4,6H,5H2,1-2H3. The van der Waals surface area contributed by atoms with Crippen molar-refractivity contribution in [2.45, 2.75) is 13.3 Å². The third-order valence-corrected chi connectivity index (χ3v) is 2.21. The van der Waals surface area contributed by atoms with E-state index in [0.717, 1.165) is 6.07 Å². The number of ether oxygens (including phenoxy) is 1. The average Bonchev–Trinajstić information content (AvgIpc) is 2.22. The molecule has 0 N–H and O–H groups in total. The number of carbonyl (C=O) groups excluding carboxylic acids is 2. The van der Waals surface area contributed by atoms with E-state index in [1.165, 1.54) is 13.2 Å². The third kappa shape index (κ3) is 2.62. The molecule has 0 heterocycles. The van der Waals surface area contributed by atoms with E-state index in [9.17, 15) is 14.0 Å². The monoisotopic (exact) mass is 210 g/mol. The van der Waals surface area contributed by atoms with Gasteiger partial charge in [-0.05, 0) is 30.2 Å². The summed E-state index contributed by atoms with van der Waals surface area (Å²) < 4.78 is 17.5. The van der Waals surface area contributed by atoms with Crippen molar-refractivity contribution in [3.05, 3.63) is 34.6 Å². The Morgan fingerprint density at radius 1 is 1.53 bits per heavy atom. The Kier molecular flexibility index (Phi) is 3.55. The smallest absolute Gasteiger partial charge is 0.309 e. The molecule has 0 aliphatic heterocycles. The second-order valence-electron chi connectivity index (χ2n) is 3.15. The fourth-order valence-corrected chi connectivity index (χ4v) is 1.29. The Hall–Kier alpha value is -1.71. The van der Waals surface area contributed by atoms with E-state index in [0.29, 0.717) is 17.4 Å². The van der Waals surface area contributed by atoms with Crippen LogP contribution >= 0.6 is 0 Å². The number of halogens is 1. The molecular weight excluding hydrogens is 199 g/mol. The summed E-state index contributed by atoms with van der Waals surface area (Å²) in [5.41, 5.74) is 1.34. The fraction of sp³-hybridized carbons (Fsp3) is 0.273. The van der Waals surface area contributed by atoms with Crippen LogP contribution in [-0.4, -0.2) is 19.4 Å². The summed E-state index contributed by atoms with van der Waals surface area (Å²) in [6.45, 7) is 1.67. The molecule has 3 nitrogen and oxygen atoms in total. The van der Waals surface area contributed by atoms with Crippen LogP contribution in [0.5, 0.6) is 0 Å². The minimum Gasteiger partial charge on any atom is -0.469 e. The molecule has 0 fully saturated rings. The zero-order valence-corrected chi connectivity index (χ0v) is 8.54. The van der Waals surface area contributed by atoms with Crippen LogP contribution in [0.4, 0.5) is 4.39 Å². The van der Waals surface area contributed by atoms with Gasteiger partial charge in [-0.15, -0.1) is 0 Å². The summed E-state index contributed by atoms with van der Waals surface area (Å²) in [6.07, 6.45) is 0.542. The fourth-order valence-electron chi connectivity index (χ4n) is 1.29. The zero-order valence-electron chi connectivity index (χ0n) is 8.54. The molecule has 0 amide bonds. The molecule has 0 spiro atoms. The minimum absolute atomic E-state index is 0.0269. The van der Waals surface area contributed by atoms with Crippen molar-refractivity contribution in [1.29, 1.82) is 0 Å². The number of hydrogen-bond acceptors (Lipinski definition) is 3. The van der Waals surface area contributed by atoms with Crippen LogP contribution in [-0.2, 0) is 16.0 Å². The van der Waals surface area contributed by atoms with Gasteiger partial charge in [0, 0.05) is 5.56 Å². The first-order valence-corrected chi connectivity index (χ1v) is 4.39. The maximum absolute atomic E-state index is 13.0. The molecular formula is C11H11FO3. The first-order valence-electron chi connectivity index (χ1n) is 4.39. The number of methoxy groups -OCH3 is 1. The predicted octanol–water partition coefficient (Wildman–Crippen LogP) is 1.66. The number of esters is 1. The van der Waals surface area contributed by atoms with Gasteiger partial charge in [-0.25, -0.2) is 4.39 Å². The normalized spacial score (nSPS) is 9.80. The van der Waals surface area contributed by atoms with Crippen molar-refractivity contribution in [2.75, 3.05) is 7.11 Å². The molecule has 0 saturated carbocycles. The van der Waals surface area contributed by atoms with Crippen molar-refractivity contribution < 1.29 is 18.7 Å². The number of hydrogen-bond donors (Lipinski definition) is 0. The Labute approximate surface area is 86.9 Å². The topological polar surface area (TPSA) is 43.4 Å². The lowest BCUT2D eigenvalue weighted by molar-refractivity contribution is -0.139. The highest BCUT2D eigenvalue weighted by atomic mass is 19.1. The Balaban J connectivity index is 3.11. The minimum atomic E-state index is -0.526. The summed E-state index contributed by atoms with van der Waals surface area (Å²) in [6, 6.07) is 2.38. The van der Waals surface area contributed by atoms with Crippen LogP contribution in [0, 0.1) is 12.7 Å². The molecule has 0 radical (unpaired) electrons. The van der Waals surface area contributed by atoms with Gasteiger partial charge >= 0.3 is 5.97 Å². The summed E-state index contributed by atoms with van der Waals surface area (Å²) in [5, 5.41) is 0. The van der Waals surface area contributed by atoms with E-state index in [1.807, 2.05) is 0 Å². The van der Waals surface area contributed by atoms with E-state index < -0.39 is 11.8 Å². The first-order chi connectivity index (χ1) is 7.08. The molecule has 1 aromatic carbocycles. The second kappa shape index (κ2) is 4.68. The maximum Gasteiger partial charge on any atom is 0.309 e.